The van der Waals surface area contributed by atoms with Crippen LogP contribution >= 0.6 is 0 Å². The molecular weight excluding hydrogens is 232 g/mol. The van der Waals surface area contributed by atoms with Crippen LogP contribution in [0.2, 0.25) is 0 Å². The zero-order chi connectivity index (χ0) is 13.8. The molecule has 2 heteroatoms. The van der Waals surface area contributed by atoms with Crippen molar-refractivity contribution in [3.63, 3.8) is 0 Å². The van der Waals surface area contributed by atoms with E-state index in [0.29, 0.717) is 5.70 Å². The smallest absolute Gasteiger partial charge is 0.0778 e. The average Bonchev–Trinajstić information content (AvgIpc) is 2.65. The number of allylic oxidation sites excluding steroid dienone is 4. The number of benzene rings is 1. The Morgan fingerprint density at radius 2 is 2.16 bits per heavy atom. The molecule has 1 aliphatic rings. The molecule has 0 spiro atoms. The maximum absolute atomic E-state index is 5.86. The molecule has 1 atom stereocenters. The molecule has 0 aliphatic heterocycles. The van der Waals surface area contributed by atoms with E-state index < -0.39 is 0 Å². The summed E-state index contributed by atoms with van der Waals surface area (Å²) in [6.45, 7) is 7.49. The molecule has 94 valence electrons. The molecule has 0 amide bonds. The SMILES string of the molecule is C=Cc1cc(C2=CC#CC(C(=C)N)C=C2)ccc1N. The van der Waals surface area contributed by atoms with Crippen molar-refractivity contribution >= 4 is 17.3 Å². The van der Waals surface area contributed by atoms with Crippen LogP contribution < -0.4 is 11.5 Å². The summed E-state index contributed by atoms with van der Waals surface area (Å²) in [6.07, 6.45) is 7.57. The van der Waals surface area contributed by atoms with Gasteiger partial charge in [0.05, 0.1) is 5.92 Å². The van der Waals surface area contributed by atoms with E-state index in [1.165, 1.54) is 0 Å². The molecule has 1 unspecified atom stereocenters. The zero-order valence-corrected chi connectivity index (χ0v) is 10.7. The van der Waals surface area contributed by atoms with Gasteiger partial charge < -0.3 is 11.5 Å². The van der Waals surface area contributed by atoms with Gasteiger partial charge in [-0.15, -0.1) is 0 Å². The lowest BCUT2D eigenvalue weighted by molar-refractivity contribution is 0.989. The maximum atomic E-state index is 5.86. The fraction of sp³-hybridized carbons (Fsp3) is 0.0588. The van der Waals surface area contributed by atoms with Crippen molar-refractivity contribution in [3.05, 3.63) is 66.4 Å². The lowest BCUT2D eigenvalue weighted by Gasteiger charge is -2.06. The predicted octanol–water partition coefficient (Wildman–Crippen LogP) is 2.96. The Morgan fingerprint density at radius 1 is 1.37 bits per heavy atom. The molecule has 1 aliphatic carbocycles. The molecule has 0 radical (unpaired) electrons. The molecule has 4 N–H and O–H groups in total. The number of nitrogens with two attached hydrogens (primary N) is 2. The molecule has 0 saturated heterocycles. The third kappa shape index (κ3) is 2.78. The first-order valence-corrected chi connectivity index (χ1v) is 5.98. The van der Waals surface area contributed by atoms with Crippen molar-refractivity contribution in [2.45, 2.75) is 0 Å². The van der Waals surface area contributed by atoms with Crippen LogP contribution in [-0.2, 0) is 0 Å². The lowest BCUT2D eigenvalue weighted by Crippen LogP contribution is -2.05. The van der Waals surface area contributed by atoms with E-state index in [1.54, 1.807) is 6.08 Å². The third-order valence-electron chi connectivity index (χ3n) is 2.97. The fourth-order valence-corrected chi connectivity index (χ4v) is 1.83. The number of hydrogen-bond donors (Lipinski definition) is 2. The molecular formula is C17H16N2. The highest BCUT2D eigenvalue weighted by molar-refractivity contribution is 5.80. The van der Waals surface area contributed by atoms with E-state index in [4.69, 9.17) is 11.5 Å². The summed E-state index contributed by atoms with van der Waals surface area (Å²) < 4.78 is 0. The maximum Gasteiger partial charge on any atom is 0.0778 e. The summed E-state index contributed by atoms with van der Waals surface area (Å²) >= 11 is 0. The highest BCUT2D eigenvalue weighted by Gasteiger charge is 2.06. The van der Waals surface area contributed by atoms with E-state index in [1.807, 2.05) is 36.4 Å². The van der Waals surface area contributed by atoms with Crippen LogP contribution in [0, 0.1) is 17.8 Å². The van der Waals surface area contributed by atoms with E-state index >= 15 is 0 Å². The second kappa shape index (κ2) is 5.32. The van der Waals surface area contributed by atoms with Gasteiger partial charge in [0.1, 0.15) is 0 Å². The largest absolute Gasteiger partial charge is 0.401 e. The number of hydrogen-bond acceptors (Lipinski definition) is 2. The minimum atomic E-state index is -0.0959. The summed E-state index contributed by atoms with van der Waals surface area (Å²) in [5.74, 6) is 5.95. The Hall–Kier alpha value is -2.66. The molecule has 0 bridgehead atoms. The van der Waals surface area contributed by atoms with Gasteiger partial charge in [0, 0.05) is 11.4 Å². The predicted molar refractivity (Wildman–Crippen MR) is 82.7 cm³/mol. The summed E-state index contributed by atoms with van der Waals surface area (Å²) in [7, 11) is 0. The third-order valence-corrected chi connectivity index (χ3v) is 2.97. The van der Waals surface area contributed by atoms with Gasteiger partial charge in [-0.2, -0.15) is 0 Å². The van der Waals surface area contributed by atoms with Gasteiger partial charge in [0.2, 0.25) is 0 Å². The quantitative estimate of drug-likeness (QED) is 0.638. The molecule has 1 aromatic carbocycles. The van der Waals surface area contributed by atoms with Crippen LogP contribution in [-0.4, -0.2) is 0 Å². The summed E-state index contributed by atoms with van der Waals surface area (Å²) in [4.78, 5) is 0. The lowest BCUT2D eigenvalue weighted by atomic mass is 10.0. The van der Waals surface area contributed by atoms with Crippen molar-refractivity contribution in [2.75, 3.05) is 5.73 Å². The van der Waals surface area contributed by atoms with Crippen LogP contribution in [0.15, 0.2) is 55.3 Å². The van der Waals surface area contributed by atoms with Gasteiger partial charge in [-0.1, -0.05) is 49.3 Å². The standard InChI is InChI=1S/C17H16N2/c1-3-13-11-16(9-10-17(13)19)15-6-4-5-14(7-8-15)12(2)18/h3,6-11,14H,1-2,18-19H2. The Balaban J connectivity index is 2.37. The second-order valence-electron chi connectivity index (χ2n) is 4.35. The van der Waals surface area contributed by atoms with Crippen LogP contribution in [0.5, 0.6) is 0 Å². The second-order valence-corrected chi connectivity index (χ2v) is 4.35. The van der Waals surface area contributed by atoms with E-state index in [9.17, 15) is 0 Å². The highest BCUT2D eigenvalue weighted by Crippen LogP contribution is 2.23. The van der Waals surface area contributed by atoms with Crippen molar-refractivity contribution in [2.24, 2.45) is 11.7 Å². The van der Waals surface area contributed by atoms with Gasteiger partial charge >= 0.3 is 0 Å². The summed E-state index contributed by atoms with van der Waals surface area (Å²) in [5, 5.41) is 0. The Morgan fingerprint density at radius 3 is 2.84 bits per heavy atom. The summed E-state index contributed by atoms with van der Waals surface area (Å²) in [6, 6.07) is 5.84. The van der Waals surface area contributed by atoms with Crippen LogP contribution in [0.4, 0.5) is 5.69 Å². The topological polar surface area (TPSA) is 52.0 Å². The molecule has 0 saturated carbocycles. The minimum Gasteiger partial charge on any atom is -0.401 e. The van der Waals surface area contributed by atoms with E-state index in [2.05, 4.69) is 25.0 Å². The molecule has 0 fully saturated rings. The average molecular weight is 248 g/mol. The first-order valence-electron chi connectivity index (χ1n) is 5.98. The van der Waals surface area contributed by atoms with Gasteiger partial charge in [0.25, 0.3) is 0 Å². The van der Waals surface area contributed by atoms with E-state index in [0.717, 1.165) is 22.4 Å². The van der Waals surface area contributed by atoms with Crippen molar-refractivity contribution in [3.8, 4) is 11.8 Å². The molecule has 2 rings (SSSR count). The first-order chi connectivity index (χ1) is 9.11. The molecule has 19 heavy (non-hydrogen) atoms. The highest BCUT2D eigenvalue weighted by atomic mass is 14.6. The molecule has 1 aromatic rings. The molecule has 2 nitrogen and oxygen atoms in total. The fourth-order valence-electron chi connectivity index (χ4n) is 1.83. The zero-order valence-electron chi connectivity index (χ0n) is 10.7. The monoisotopic (exact) mass is 248 g/mol. The Labute approximate surface area is 113 Å². The van der Waals surface area contributed by atoms with Crippen molar-refractivity contribution in [1.82, 2.24) is 0 Å². The Bertz CT molecular complexity index is 652. The Kier molecular flexibility index (Phi) is 3.58. The first kappa shape index (κ1) is 12.8. The van der Waals surface area contributed by atoms with Gasteiger partial charge in [0.15, 0.2) is 0 Å². The van der Waals surface area contributed by atoms with Crippen LogP contribution in [0.1, 0.15) is 11.1 Å². The number of rotatable bonds is 3. The summed E-state index contributed by atoms with van der Waals surface area (Å²) in [5.41, 5.74) is 15.8. The van der Waals surface area contributed by atoms with Crippen LogP contribution in [0.3, 0.4) is 0 Å². The molecule has 0 heterocycles. The van der Waals surface area contributed by atoms with Gasteiger partial charge in [-0.3, -0.25) is 0 Å². The van der Waals surface area contributed by atoms with Crippen LogP contribution in [0.25, 0.3) is 11.6 Å². The normalized spacial score (nSPS) is 16.8. The number of nitrogen functional groups attached to an aromatic ring is 1. The number of anilines is 1. The van der Waals surface area contributed by atoms with Gasteiger partial charge in [-0.25, -0.2) is 0 Å². The van der Waals surface area contributed by atoms with Crippen molar-refractivity contribution < 1.29 is 0 Å². The van der Waals surface area contributed by atoms with Gasteiger partial charge in [-0.05, 0) is 34.9 Å². The van der Waals surface area contributed by atoms with E-state index in [-0.39, 0.29) is 5.92 Å². The van der Waals surface area contributed by atoms with Crippen molar-refractivity contribution in [1.29, 1.82) is 0 Å². The minimum absolute atomic E-state index is 0.0959. The molecule has 0 aromatic heterocycles.